The Morgan fingerprint density at radius 2 is 1.91 bits per heavy atom. The van der Waals surface area contributed by atoms with Crippen LogP contribution < -0.4 is 10.6 Å². The van der Waals surface area contributed by atoms with Crippen molar-refractivity contribution in [1.82, 2.24) is 15.1 Å². The Hall–Kier alpha value is -1.11. The van der Waals surface area contributed by atoms with Crippen LogP contribution in [0.15, 0.2) is 18.3 Å². The Kier molecular flexibility index (Phi) is 7.32. The number of halogens is 2. The van der Waals surface area contributed by atoms with Gasteiger partial charge in [-0.25, -0.2) is 0 Å². The minimum Gasteiger partial charge on any atom is -0.352 e. The molecule has 0 aromatic carbocycles. The topological polar surface area (TPSA) is 75.4 Å². The molecule has 2 aliphatic rings. The molecule has 1 aromatic heterocycles. The van der Waals surface area contributed by atoms with Gasteiger partial charge in [-0.3, -0.25) is 4.79 Å². The molecule has 1 saturated heterocycles. The molecule has 2 atom stereocenters. The predicted octanol–water partition coefficient (Wildman–Crippen LogP) is 1.10. The molecule has 3 rings (SSSR count). The van der Waals surface area contributed by atoms with Gasteiger partial charge < -0.3 is 15.5 Å². The van der Waals surface area contributed by atoms with Crippen LogP contribution in [0.2, 0.25) is 0 Å². The fourth-order valence-electron chi connectivity index (χ4n) is 3.12. The lowest BCUT2D eigenvalue weighted by Crippen LogP contribution is -2.50. The lowest BCUT2D eigenvalue weighted by Gasteiger charge is -2.36. The van der Waals surface area contributed by atoms with E-state index in [-0.39, 0.29) is 42.7 Å². The lowest BCUT2D eigenvalue weighted by molar-refractivity contribution is -0.135. The summed E-state index contributed by atoms with van der Waals surface area (Å²) in [5, 5.41) is 8.01. The van der Waals surface area contributed by atoms with Crippen molar-refractivity contribution in [3.63, 3.8) is 0 Å². The molecule has 22 heavy (non-hydrogen) atoms. The van der Waals surface area contributed by atoms with Crippen molar-refractivity contribution in [2.75, 3.05) is 31.1 Å². The van der Waals surface area contributed by atoms with Crippen LogP contribution in [0.3, 0.4) is 0 Å². The number of hydrogen-bond donors (Lipinski definition) is 1. The second kappa shape index (κ2) is 8.50. The molecule has 1 aliphatic heterocycles. The van der Waals surface area contributed by atoms with E-state index in [1.165, 1.54) is 0 Å². The number of nitrogens with zero attached hydrogens (tertiary/aromatic N) is 4. The van der Waals surface area contributed by atoms with Crippen LogP contribution in [0.1, 0.15) is 19.3 Å². The summed E-state index contributed by atoms with van der Waals surface area (Å²) in [5.41, 5.74) is 5.90. The molecule has 8 heteroatoms. The second-order valence-corrected chi connectivity index (χ2v) is 5.66. The average molecular weight is 348 g/mol. The van der Waals surface area contributed by atoms with Crippen LogP contribution in [0.4, 0.5) is 5.82 Å². The van der Waals surface area contributed by atoms with E-state index in [1.807, 2.05) is 17.0 Å². The largest absolute Gasteiger partial charge is 0.352 e. The molecular weight excluding hydrogens is 325 g/mol. The maximum atomic E-state index is 12.4. The average Bonchev–Trinajstić information content (AvgIpc) is 2.94. The number of hydrogen-bond acceptors (Lipinski definition) is 5. The summed E-state index contributed by atoms with van der Waals surface area (Å²) < 4.78 is 0. The van der Waals surface area contributed by atoms with Gasteiger partial charge in [-0.2, -0.15) is 5.10 Å². The van der Waals surface area contributed by atoms with Crippen LogP contribution >= 0.6 is 24.8 Å². The molecule has 1 amide bonds. The SMILES string of the molecule is Cl.Cl.NC1CCC(C(=O)N2CCN(c3cccnn3)CC2)C1. The number of nitrogens with two attached hydrogens (primary N) is 1. The highest BCUT2D eigenvalue weighted by atomic mass is 35.5. The first kappa shape index (κ1) is 18.9. The summed E-state index contributed by atoms with van der Waals surface area (Å²) >= 11 is 0. The van der Waals surface area contributed by atoms with E-state index in [0.717, 1.165) is 51.3 Å². The van der Waals surface area contributed by atoms with Crippen LogP contribution in [-0.2, 0) is 4.79 Å². The predicted molar refractivity (Wildman–Crippen MR) is 90.6 cm³/mol. The van der Waals surface area contributed by atoms with Crippen molar-refractivity contribution in [2.24, 2.45) is 11.7 Å². The molecule has 2 heterocycles. The third kappa shape index (κ3) is 4.21. The second-order valence-electron chi connectivity index (χ2n) is 5.66. The first-order chi connectivity index (χ1) is 9.74. The van der Waals surface area contributed by atoms with Crippen molar-refractivity contribution >= 4 is 36.5 Å². The van der Waals surface area contributed by atoms with Crippen molar-refractivity contribution in [3.8, 4) is 0 Å². The number of rotatable bonds is 2. The molecule has 2 N–H and O–H groups in total. The van der Waals surface area contributed by atoms with Gasteiger partial charge in [0.15, 0.2) is 5.82 Å². The summed E-state index contributed by atoms with van der Waals surface area (Å²) in [7, 11) is 0. The summed E-state index contributed by atoms with van der Waals surface area (Å²) in [6.45, 7) is 3.18. The molecule has 0 spiro atoms. The third-order valence-corrected chi connectivity index (χ3v) is 4.30. The zero-order chi connectivity index (χ0) is 13.9. The number of carbonyl (C=O) groups is 1. The highest BCUT2D eigenvalue weighted by Gasteiger charge is 2.32. The Labute approximate surface area is 143 Å². The number of piperazine rings is 1. The monoisotopic (exact) mass is 347 g/mol. The van der Waals surface area contributed by atoms with Crippen LogP contribution in [0.5, 0.6) is 0 Å². The lowest BCUT2D eigenvalue weighted by atomic mass is 10.1. The number of amides is 1. The quantitative estimate of drug-likeness (QED) is 0.866. The van der Waals surface area contributed by atoms with Gasteiger partial charge in [0.1, 0.15) is 0 Å². The Morgan fingerprint density at radius 1 is 1.18 bits per heavy atom. The molecule has 2 unspecified atom stereocenters. The summed E-state index contributed by atoms with van der Waals surface area (Å²) in [4.78, 5) is 16.6. The van der Waals surface area contributed by atoms with E-state index < -0.39 is 0 Å². The van der Waals surface area contributed by atoms with E-state index in [1.54, 1.807) is 6.20 Å². The standard InChI is InChI=1S/C14H21N5O.2ClH/c15-12-4-3-11(10-12)14(20)19-8-6-18(7-9-19)13-2-1-5-16-17-13;;/h1-2,5,11-12H,3-4,6-10,15H2;2*1H. The van der Waals surface area contributed by atoms with E-state index in [2.05, 4.69) is 15.1 Å². The minimum absolute atomic E-state index is 0. The van der Waals surface area contributed by atoms with Gasteiger partial charge in [-0.1, -0.05) is 0 Å². The van der Waals surface area contributed by atoms with Gasteiger partial charge in [0.05, 0.1) is 0 Å². The van der Waals surface area contributed by atoms with Crippen molar-refractivity contribution < 1.29 is 4.79 Å². The van der Waals surface area contributed by atoms with Gasteiger partial charge >= 0.3 is 0 Å². The van der Waals surface area contributed by atoms with E-state index in [9.17, 15) is 4.79 Å². The fourth-order valence-corrected chi connectivity index (χ4v) is 3.12. The third-order valence-electron chi connectivity index (χ3n) is 4.30. The Balaban J connectivity index is 0.00000121. The molecule has 2 fully saturated rings. The number of aromatic nitrogens is 2. The summed E-state index contributed by atoms with van der Waals surface area (Å²) in [5.74, 6) is 1.33. The van der Waals surface area contributed by atoms with Gasteiger partial charge in [-0.05, 0) is 31.4 Å². The van der Waals surface area contributed by atoms with Crippen LogP contribution in [-0.4, -0.2) is 53.2 Å². The van der Waals surface area contributed by atoms with Crippen LogP contribution in [0.25, 0.3) is 0 Å². The normalized spacial score (nSPS) is 24.4. The van der Waals surface area contributed by atoms with E-state index >= 15 is 0 Å². The smallest absolute Gasteiger partial charge is 0.225 e. The fraction of sp³-hybridized carbons (Fsp3) is 0.643. The molecular formula is C14H23Cl2N5O. The van der Waals surface area contributed by atoms with Crippen molar-refractivity contribution in [1.29, 1.82) is 0 Å². The first-order valence-corrected chi connectivity index (χ1v) is 7.31. The Bertz CT molecular complexity index is 468. The number of carbonyl (C=O) groups excluding carboxylic acids is 1. The van der Waals surface area contributed by atoms with E-state index in [0.29, 0.717) is 0 Å². The van der Waals surface area contributed by atoms with E-state index in [4.69, 9.17) is 5.73 Å². The van der Waals surface area contributed by atoms with Gasteiger partial charge in [0.25, 0.3) is 0 Å². The first-order valence-electron chi connectivity index (χ1n) is 7.31. The molecule has 0 radical (unpaired) electrons. The highest BCUT2D eigenvalue weighted by molar-refractivity contribution is 5.85. The van der Waals surface area contributed by atoms with Gasteiger partial charge in [-0.15, -0.1) is 29.9 Å². The van der Waals surface area contributed by atoms with Crippen molar-refractivity contribution in [2.45, 2.75) is 25.3 Å². The molecule has 1 aliphatic carbocycles. The Morgan fingerprint density at radius 3 is 2.45 bits per heavy atom. The van der Waals surface area contributed by atoms with Gasteiger partial charge in [0, 0.05) is 44.3 Å². The molecule has 124 valence electrons. The summed E-state index contributed by atoms with van der Waals surface area (Å²) in [6, 6.07) is 4.06. The maximum absolute atomic E-state index is 12.4. The summed E-state index contributed by atoms with van der Waals surface area (Å²) in [6.07, 6.45) is 4.45. The zero-order valence-electron chi connectivity index (χ0n) is 12.4. The molecule has 1 aromatic rings. The molecule has 0 bridgehead atoms. The maximum Gasteiger partial charge on any atom is 0.225 e. The molecule has 6 nitrogen and oxygen atoms in total. The zero-order valence-corrected chi connectivity index (χ0v) is 14.1. The van der Waals surface area contributed by atoms with Gasteiger partial charge in [0.2, 0.25) is 5.91 Å². The minimum atomic E-state index is 0. The van der Waals surface area contributed by atoms with Crippen LogP contribution in [0, 0.1) is 5.92 Å². The van der Waals surface area contributed by atoms with Crippen molar-refractivity contribution in [3.05, 3.63) is 18.3 Å². The highest BCUT2D eigenvalue weighted by Crippen LogP contribution is 2.26. The molecule has 1 saturated carbocycles. The number of anilines is 1.